The third-order valence-corrected chi connectivity index (χ3v) is 3.26. The van der Waals surface area contributed by atoms with Gasteiger partial charge < -0.3 is 4.74 Å². The number of methoxy groups -OCH3 is 1. The first kappa shape index (κ1) is 12.8. The van der Waals surface area contributed by atoms with Gasteiger partial charge in [0.2, 0.25) is 0 Å². The molecule has 0 aliphatic carbocycles. The summed E-state index contributed by atoms with van der Waals surface area (Å²) in [5.41, 5.74) is 1.04. The average Bonchev–Trinajstić information content (AvgIpc) is 2.29. The monoisotopic (exact) mass is 238 g/mol. The van der Waals surface area contributed by atoms with Gasteiger partial charge in [0, 0.05) is 0 Å². The predicted molar refractivity (Wildman–Crippen MR) is 64.6 cm³/mol. The minimum atomic E-state index is -0.420. The first-order chi connectivity index (χ1) is 7.63. The molecule has 86 valence electrons. The second-order valence-corrected chi connectivity index (χ2v) is 4.50. The Kier molecular flexibility index (Phi) is 5.05. The van der Waals surface area contributed by atoms with E-state index in [0.717, 1.165) is 17.3 Å². The van der Waals surface area contributed by atoms with Gasteiger partial charge in [0.05, 0.1) is 12.4 Å². The van der Waals surface area contributed by atoms with Gasteiger partial charge in [-0.15, -0.1) is 0 Å². The van der Waals surface area contributed by atoms with Crippen LogP contribution in [0.4, 0.5) is 4.79 Å². The van der Waals surface area contributed by atoms with Crippen molar-refractivity contribution >= 4 is 22.8 Å². The van der Waals surface area contributed by atoms with Crippen LogP contribution in [0.25, 0.3) is 0 Å². The predicted octanol–water partition coefficient (Wildman–Crippen LogP) is 2.69. The Morgan fingerprint density at radius 2 is 1.94 bits per heavy atom. The first-order valence-corrected chi connectivity index (χ1v) is 5.80. The smallest absolute Gasteiger partial charge is 0.367 e. The highest BCUT2D eigenvalue weighted by atomic mass is 32.2. The number of benzene rings is 1. The van der Waals surface area contributed by atoms with Gasteiger partial charge >= 0.3 is 5.30 Å². The quantitative estimate of drug-likeness (QED) is 0.756. The molecule has 0 amide bonds. The maximum absolute atomic E-state index is 11.4. The van der Waals surface area contributed by atoms with Gasteiger partial charge in [0.1, 0.15) is 5.78 Å². The van der Waals surface area contributed by atoms with Crippen molar-refractivity contribution < 1.29 is 14.3 Å². The number of hydrogen-bond acceptors (Lipinski definition) is 4. The second-order valence-electron chi connectivity index (χ2n) is 3.36. The van der Waals surface area contributed by atoms with Gasteiger partial charge in [-0.1, -0.05) is 30.3 Å². The highest BCUT2D eigenvalue weighted by Crippen LogP contribution is 2.19. The van der Waals surface area contributed by atoms with Crippen molar-refractivity contribution in [2.24, 2.45) is 0 Å². The average molecular weight is 238 g/mol. The molecule has 0 aromatic heterocycles. The molecular weight excluding hydrogens is 224 g/mol. The third kappa shape index (κ3) is 4.06. The molecule has 1 aromatic carbocycles. The molecule has 0 bridgehead atoms. The summed E-state index contributed by atoms with van der Waals surface area (Å²) in [7, 11) is 1.31. The maximum Gasteiger partial charge on any atom is 0.367 e. The van der Waals surface area contributed by atoms with Crippen LogP contribution in [0.3, 0.4) is 0 Å². The van der Waals surface area contributed by atoms with Crippen LogP contribution in [-0.2, 0) is 16.0 Å². The van der Waals surface area contributed by atoms with E-state index in [1.165, 1.54) is 14.0 Å². The van der Waals surface area contributed by atoms with Crippen LogP contribution in [0.1, 0.15) is 12.5 Å². The Labute approximate surface area is 99.2 Å². The lowest BCUT2D eigenvalue weighted by molar-refractivity contribution is -0.116. The first-order valence-electron chi connectivity index (χ1n) is 4.92. The molecule has 3 nitrogen and oxygen atoms in total. The van der Waals surface area contributed by atoms with E-state index in [-0.39, 0.29) is 11.0 Å². The van der Waals surface area contributed by atoms with E-state index in [1.807, 2.05) is 30.3 Å². The number of carbonyl (C=O) groups is 2. The van der Waals surface area contributed by atoms with Crippen LogP contribution >= 0.6 is 11.8 Å². The zero-order chi connectivity index (χ0) is 12.0. The molecule has 0 saturated heterocycles. The van der Waals surface area contributed by atoms with E-state index in [1.54, 1.807) is 0 Å². The van der Waals surface area contributed by atoms with Gasteiger partial charge in [0.15, 0.2) is 0 Å². The van der Waals surface area contributed by atoms with Gasteiger partial charge in [-0.25, -0.2) is 4.79 Å². The van der Waals surface area contributed by atoms with Crippen LogP contribution in [0.5, 0.6) is 0 Å². The highest BCUT2D eigenvalue weighted by Gasteiger charge is 2.20. The van der Waals surface area contributed by atoms with Crippen molar-refractivity contribution in [1.29, 1.82) is 0 Å². The SMILES string of the molecule is COC(=O)SC(Cc1ccccc1)C(C)=O. The van der Waals surface area contributed by atoms with E-state index in [9.17, 15) is 9.59 Å². The minimum absolute atomic E-state index is 0.0146. The number of hydrogen-bond donors (Lipinski definition) is 0. The number of ether oxygens (including phenoxy) is 1. The Morgan fingerprint density at radius 3 is 2.44 bits per heavy atom. The number of ketones is 1. The molecule has 0 aliphatic rings. The fraction of sp³-hybridized carbons (Fsp3) is 0.333. The van der Waals surface area contributed by atoms with Crippen LogP contribution in [0.15, 0.2) is 30.3 Å². The molecule has 0 saturated carbocycles. The summed E-state index contributed by atoms with van der Waals surface area (Å²) in [5, 5.41) is -0.786. The highest BCUT2D eigenvalue weighted by molar-refractivity contribution is 8.14. The Hall–Kier alpha value is -1.29. The summed E-state index contributed by atoms with van der Waals surface area (Å²) in [6.45, 7) is 1.49. The molecule has 0 aliphatic heterocycles. The molecule has 1 rings (SSSR count). The maximum atomic E-state index is 11.4. The Balaban J connectivity index is 2.65. The molecule has 0 heterocycles. The van der Waals surface area contributed by atoms with E-state index < -0.39 is 5.30 Å². The minimum Gasteiger partial charge on any atom is -0.461 e. The third-order valence-electron chi connectivity index (χ3n) is 2.12. The van der Waals surface area contributed by atoms with Crippen molar-refractivity contribution in [1.82, 2.24) is 0 Å². The Bertz CT molecular complexity index is 362. The Morgan fingerprint density at radius 1 is 1.31 bits per heavy atom. The molecule has 0 radical (unpaired) electrons. The van der Waals surface area contributed by atoms with E-state index in [0.29, 0.717) is 6.42 Å². The summed E-state index contributed by atoms with van der Waals surface area (Å²) in [6, 6.07) is 9.62. The topological polar surface area (TPSA) is 43.4 Å². The number of Topliss-reactive ketones (excluding diaryl/α,β-unsaturated/α-hetero) is 1. The summed E-state index contributed by atoms with van der Waals surface area (Å²) < 4.78 is 4.54. The van der Waals surface area contributed by atoms with Crippen LogP contribution in [-0.4, -0.2) is 23.4 Å². The lowest BCUT2D eigenvalue weighted by Crippen LogP contribution is -2.19. The van der Waals surface area contributed by atoms with Crippen molar-refractivity contribution in [2.45, 2.75) is 18.6 Å². The molecule has 1 aromatic rings. The van der Waals surface area contributed by atoms with Gasteiger partial charge in [-0.05, 0) is 30.7 Å². The zero-order valence-corrected chi connectivity index (χ0v) is 10.1. The van der Waals surface area contributed by atoms with Gasteiger partial charge in [-0.3, -0.25) is 4.79 Å². The van der Waals surface area contributed by atoms with E-state index in [2.05, 4.69) is 4.74 Å². The molecule has 1 unspecified atom stereocenters. The molecular formula is C12H14O3S. The summed E-state index contributed by atoms with van der Waals surface area (Å²) >= 11 is 0.937. The molecule has 16 heavy (non-hydrogen) atoms. The normalized spacial score (nSPS) is 11.9. The molecule has 0 N–H and O–H groups in total. The lowest BCUT2D eigenvalue weighted by Gasteiger charge is -2.11. The van der Waals surface area contributed by atoms with Crippen LogP contribution < -0.4 is 0 Å². The number of thioether (sulfide) groups is 1. The number of rotatable bonds is 4. The van der Waals surface area contributed by atoms with Gasteiger partial charge in [-0.2, -0.15) is 0 Å². The molecule has 4 heteroatoms. The fourth-order valence-corrected chi connectivity index (χ4v) is 2.03. The van der Waals surface area contributed by atoms with E-state index in [4.69, 9.17) is 0 Å². The van der Waals surface area contributed by atoms with Crippen LogP contribution in [0, 0.1) is 0 Å². The zero-order valence-electron chi connectivity index (χ0n) is 9.30. The fourth-order valence-electron chi connectivity index (χ4n) is 1.26. The summed E-state index contributed by atoms with van der Waals surface area (Å²) in [6.07, 6.45) is 0.552. The lowest BCUT2D eigenvalue weighted by atomic mass is 10.1. The summed E-state index contributed by atoms with van der Waals surface area (Å²) in [4.78, 5) is 22.5. The molecule has 1 atom stereocenters. The largest absolute Gasteiger partial charge is 0.461 e. The van der Waals surface area contributed by atoms with Crippen molar-refractivity contribution in [2.75, 3.05) is 7.11 Å². The van der Waals surface area contributed by atoms with Crippen molar-refractivity contribution in [3.05, 3.63) is 35.9 Å². The standard InChI is InChI=1S/C12H14O3S/c1-9(13)11(16-12(14)15-2)8-10-6-4-3-5-7-10/h3-7,11H,8H2,1-2H3. The summed E-state index contributed by atoms with van der Waals surface area (Å²) in [5.74, 6) is -0.0146. The van der Waals surface area contributed by atoms with E-state index >= 15 is 0 Å². The number of carbonyl (C=O) groups excluding carboxylic acids is 2. The second kappa shape index (κ2) is 6.33. The van der Waals surface area contributed by atoms with Crippen molar-refractivity contribution in [3.63, 3.8) is 0 Å². The van der Waals surface area contributed by atoms with Crippen LogP contribution in [0.2, 0.25) is 0 Å². The van der Waals surface area contributed by atoms with Crippen molar-refractivity contribution in [3.8, 4) is 0 Å². The molecule has 0 spiro atoms. The van der Waals surface area contributed by atoms with Gasteiger partial charge in [0.25, 0.3) is 0 Å². The molecule has 0 fully saturated rings.